The Balaban J connectivity index is 2.44. The second-order valence-corrected chi connectivity index (χ2v) is 9.79. The van der Waals surface area contributed by atoms with Crippen LogP contribution in [0.1, 0.15) is 25.0 Å². The van der Waals surface area contributed by atoms with Crippen LogP contribution in [0.15, 0.2) is 42.5 Å². The van der Waals surface area contributed by atoms with Crippen molar-refractivity contribution in [1.29, 1.82) is 0 Å². The monoisotopic (exact) mass is 491 g/mol. The summed E-state index contributed by atoms with van der Waals surface area (Å²) >= 11 is 0. The van der Waals surface area contributed by atoms with Gasteiger partial charge in [0.1, 0.15) is 24.1 Å². The molecule has 9 nitrogen and oxygen atoms in total. The summed E-state index contributed by atoms with van der Waals surface area (Å²) in [5.74, 6) is 0.127. The largest absolute Gasteiger partial charge is 0.497 e. The highest BCUT2D eigenvalue weighted by molar-refractivity contribution is 7.92. The molecule has 1 atom stereocenters. The summed E-state index contributed by atoms with van der Waals surface area (Å²) in [6, 6.07) is 11.4. The molecule has 0 radical (unpaired) electrons. The van der Waals surface area contributed by atoms with Gasteiger partial charge >= 0.3 is 0 Å². The third-order valence-corrected chi connectivity index (χ3v) is 6.44. The molecule has 2 aromatic carbocycles. The number of hydrogen-bond acceptors (Lipinski definition) is 6. The van der Waals surface area contributed by atoms with E-state index in [9.17, 15) is 18.0 Å². The van der Waals surface area contributed by atoms with E-state index >= 15 is 0 Å². The van der Waals surface area contributed by atoms with Crippen LogP contribution in [-0.4, -0.2) is 64.7 Å². The average Bonchev–Trinajstić information content (AvgIpc) is 2.80. The van der Waals surface area contributed by atoms with Crippen molar-refractivity contribution in [1.82, 2.24) is 10.2 Å². The highest BCUT2D eigenvalue weighted by atomic mass is 32.2. The highest BCUT2D eigenvalue weighted by Crippen LogP contribution is 2.31. The lowest BCUT2D eigenvalue weighted by molar-refractivity contribution is -0.139. The third kappa shape index (κ3) is 6.86. The van der Waals surface area contributed by atoms with E-state index in [-0.39, 0.29) is 18.1 Å². The van der Waals surface area contributed by atoms with E-state index in [0.717, 1.165) is 21.7 Å². The summed E-state index contributed by atoms with van der Waals surface area (Å²) in [6.45, 7) is 5.25. The molecule has 34 heavy (non-hydrogen) atoms. The molecule has 1 N–H and O–H groups in total. The van der Waals surface area contributed by atoms with Gasteiger partial charge in [0.2, 0.25) is 21.8 Å². The Kier molecular flexibility index (Phi) is 9.31. The second-order valence-electron chi connectivity index (χ2n) is 7.89. The predicted molar refractivity (Wildman–Crippen MR) is 132 cm³/mol. The molecule has 2 amide bonds. The van der Waals surface area contributed by atoms with Crippen molar-refractivity contribution in [3.63, 3.8) is 0 Å². The smallest absolute Gasteiger partial charge is 0.244 e. The minimum atomic E-state index is -3.85. The van der Waals surface area contributed by atoms with Crippen molar-refractivity contribution in [3.05, 3.63) is 53.6 Å². The van der Waals surface area contributed by atoms with Gasteiger partial charge in [-0.3, -0.25) is 13.9 Å². The maximum Gasteiger partial charge on any atom is 0.244 e. The summed E-state index contributed by atoms with van der Waals surface area (Å²) in [5, 5.41) is 2.72. The zero-order valence-corrected chi connectivity index (χ0v) is 21.3. The first-order valence-corrected chi connectivity index (χ1v) is 12.7. The zero-order chi connectivity index (χ0) is 25.5. The molecule has 0 heterocycles. The number of nitrogens with one attached hydrogen (secondary N) is 1. The molecule has 0 saturated carbocycles. The van der Waals surface area contributed by atoms with E-state index in [1.54, 1.807) is 63.4 Å². The van der Waals surface area contributed by atoms with Gasteiger partial charge in [-0.2, -0.15) is 0 Å². The molecule has 0 unspecified atom stereocenters. The van der Waals surface area contributed by atoms with Crippen molar-refractivity contribution in [2.75, 3.05) is 37.9 Å². The van der Waals surface area contributed by atoms with Gasteiger partial charge in [0.15, 0.2) is 0 Å². The Morgan fingerprint density at radius 2 is 1.71 bits per heavy atom. The minimum Gasteiger partial charge on any atom is -0.497 e. The van der Waals surface area contributed by atoms with Gasteiger partial charge in [-0.1, -0.05) is 18.2 Å². The van der Waals surface area contributed by atoms with E-state index < -0.39 is 28.5 Å². The SMILES string of the molecule is CCNC(=O)[C@H](C)N(Cc1ccc(OC)cc1)C(=O)CN(c1cc(C)ccc1OC)S(C)(=O)=O. The van der Waals surface area contributed by atoms with Crippen molar-refractivity contribution in [3.8, 4) is 11.5 Å². The summed E-state index contributed by atoms with van der Waals surface area (Å²) in [5.41, 5.74) is 1.83. The van der Waals surface area contributed by atoms with Gasteiger partial charge in [-0.15, -0.1) is 0 Å². The van der Waals surface area contributed by atoms with Crippen LogP contribution in [0.3, 0.4) is 0 Å². The van der Waals surface area contributed by atoms with Gasteiger partial charge in [-0.25, -0.2) is 8.42 Å². The van der Waals surface area contributed by atoms with Crippen molar-refractivity contribution in [2.24, 2.45) is 0 Å². The van der Waals surface area contributed by atoms with Crippen molar-refractivity contribution in [2.45, 2.75) is 33.4 Å². The van der Waals surface area contributed by atoms with Crippen molar-refractivity contribution < 1.29 is 27.5 Å². The van der Waals surface area contributed by atoms with Crippen molar-refractivity contribution >= 4 is 27.5 Å². The number of amides is 2. The zero-order valence-electron chi connectivity index (χ0n) is 20.5. The quantitative estimate of drug-likeness (QED) is 0.517. The van der Waals surface area contributed by atoms with Gasteiger partial charge < -0.3 is 19.7 Å². The Morgan fingerprint density at radius 1 is 1.06 bits per heavy atom. The number of anilines is 1. The Hall–Kier alpha value is -3.27. The molecule has 0 saturated heterocycles. The number of carbonyl (C=O) groups is 2. The van der Waals surface area contributed by atoms with E-state index in [1.165, 1.54) is 12.0 Å². The number of sulfonamides is 1. The van der Waals surface area contributed by atoms with Crippen LogP contribution in [-0.2, 0) is 26.2 Å². The third-order valence-electron chi connectivity index (χ3n) is 5.31. The lowest BCUT2D eigenvalue weighted by atomic mass is 10.1. The van der Waals surface area contributed by atoms with E-state index in [0.29, 0.717) is 18.0 Å². The van der Waals surface area contributed by atoms with Crippen LogP contribution >= 0.6 is 0 Å². The van der Waals surface area contributed by atoms with Crippen LogP contribution in [0.25, 0.3) is 0 Å². The molecule has 0 bridgehead atoms. The van der Waals surface area contributed by atoms with Gasteiger partial charge in [-0.05, 0) is 56.2 Å². The summed E-state index contributed by atoms with van der Waals surface area (Å²) in [4.78, 5) is 27.5. The Morgan fingerprint density at radius 3 is 2.24 bits per heavy atom. The maximum absolute atomic E-state index is 13.5. The molecule has 2 aromatic rings. The van der Waals surface area contributed by atoms with E-state index in [4.69, 9.17) is 9.47 Å². The summed E-state index contributed by atoms with van der Waals surface area (Å²) < 4.78 is 37.0. The second kappa shape index (κ2) is 11.7. The average molecular weight is 492 g/mol. The lowest BCUT2D eigenvalue weighted by Crippen LogP contribution is -2.51. The molecule has 10 heteroatoms. The molecule has 0 aliphatic carbocycles. The first kappa shape index (κ1) is 27.0. The van der Waals surface area contributed by atoms with Gasteiger partial charge in [0, 0.05) is 13.1 Å². The minimum absolute atomic E-state index is 0.115. The number of rotatable bonds is 11. The summed E-state index contributed by atoms with van der Waals surface area (Å²) in [6.07, 6.45) is 1.03. The molecule has 0 fully saturated rings. The molecule has 0 aromatic heterocycles. The van der Waals surface area contributed by atoms with Gasteiger partial charge in [0.25, 0.3) is 0 Å². The highest BCUT2D eigenvalue weighted by Gasteiger charge is 2.31. The van der Waals surface area contributed by atoms with Crippen LogP contribution in [0.2, 0.25) is 0 Å². The molecule has 0 spiro atoms. The Labute approximate surface area is 201 Å². The number of benzene rings is 2. The van der Waals surface area contributed by atoms with Crippen LogP contribution in [0.5, 0.6) is 11.5 Å². The Bertz CT molecular complexity index is 1100. The number of likely N-dealkylation sites (N-methyl/N-ethyl adjacent to an activating group) is 1. The fraction of sp³-hybridized carbons (Fsp3) is 0.417. The van der Waals surface area contributed by atoms with Crippen LogP contribution < -0.4 is 19.1 Å². The summed E-state index contributed by atoms with van der Waals surface area (Å²) in [7, 11) is -0.854. The first-order valence-electron chi connectivity index (χ1n) is 10.8. The molecule has 0 aliphatic heterocycles. The normalized spacial score (nSPS) is 11.9. The molecule has 186 valence electrons. The number of nitrogens with zero attached hydrogens (tertiary/aromatic N) is 2. The molecule has 2 rings (SSSR count). The number of ether oxygens (including phenoxy) is 2. The fourth-order valence-corrected chi connectivity index (χ4v) is 4.27. The maximum atomic E-state index is 13.5. The molecular weight excluding hydrogens is 458 g/mol. The van der Waals surface area contributed by atoms with Crippen LogP contribution in [0, 0.1) is 6.92 Å². The fourth-order valence-electron chi connectivity index (χ4n) is 3.42. The van der Waals surface area contributed by atoms with E-state index in [1.807, 2.05) is 6.92 Å². The first-order chi connectivity index (χ1) is 16.0. The number of methoxy groups -OCH3 is 2. The van der Waals surface area contributed by atoms with Crippen LogP contribution in [0.4, 0.5) is 5.69 Å². The number of hydrogen-bond donors (Lipinski definition) is 1. The lowest BCUT2D eigenvalue weighted by Gasteiger charge is -2.32. The molecular formula is C24H33N3O6S. The van der Waals surface area contributed by atoms with E-state index in [2.05, 4.69) is 5.32 Å². The molecule has 0 aliphatic rings. The standard InChI is InChI=1S/C24H33N3O6S/c1-7-25-24(29)18(3)26(15-19-9-11-20(32-4)12-10-19)23(28)16-27(34(6,30)31)21-14-17(2)8-13-22(21)33-5/h8-14,18H,7,15-16H2,1-6H3,(H,25,29)/t18-/m0/s1. The number of aryl methyl sites for hydroxylation is 1. The number of carbonyl (C=O) groups excluding carboxylic acids is 2. The van der Waals surface area contributed by atoms with Gasteiger partial charge in [0.05, 0.1) is 26.2 Å². The predicted octanol–water partition coefficient (Wildman–Crippen LogP) is 2.33. The topological polar surface area (TPSA) is 105 Å².